The monoisotopic (exact) mass is 314 g/mol. The lowest BCUT2D eigenvalue weighted by atomic mass is 10.1. The first-order valence-electron chi connectivity index (χ1n) is 5.72. The van der Waals surface area contributed by atoms with Gasteiger partial charge in [0.1, 0.15) is 4.99 Å². The molecule has 1 aromatic carbocycles. The van der Waals surface area contributed by atoms with Gasteiger partial charge in [0.05, 0.1) is 0 Å². The van der Waals surface area contributed by atoms with Gasteiger partial charge in [-0.25, -0.2) is 0 Å². The van der Waals surface area contributed by atoms with Crippen molar-refractivity contribution < 1.29 is 0 Å². The van der Waals surface area contributed by atoms with Crippen LogP contribution in [0.1, 0.15) is 25.8 Å². The standard InChI is InChI=1S/C13H19BrN2S/c1-9(2)6-7-16(3)12-8-10(14)4-5-11(12)13(15)17/h4-5,8-9H,6-7H2,1-3H3,(H2,15,17). The highest BCUT2D eigenvalue weighted by molar-refractivity contribution is 9.10. The van der Waals surface area contributed by atoms with Crippen molar-refractivity contribution in [1.82, 2.24) is 0 Å². The summed E-state index contributed by atoms with van der Waals surface area (Å²) in [5.41, 5.74) is 7.78. The maximum atomic E-state index is 5.75. The largest absolute Gasteiger partial charge is 0.389 e. The third-order valence-corrected chi connectivity index (χ3v) is 3.39. The predicted octanol–water partition coefficient (Wildman–Crippen LogP) is 3.57. The van der Waals surface area contributed by atoms with E-state index in [1.165, 1.54) is 0 Å². The third kappa shape index (κ3) is 4.28. The van der Waals surface area contributed by atoms with Gasteiger partial charge in [0.15, 0.2) is 0 Å². The Morgan fingerprint density at radius 1 is 1.47 bits per heavy atom. The van der Waals surface area contributed by atoms with Crippen molar-refractivity contribution in [2.45, 2.75) is 20.3 Å². The molecule has 0 heterocycles. The number of benzene rings is 1. The molecule has 0 fully saturated rings. The second-order valence-corrected chi connectivity index (χ2v) is 5.99. The van der Waals surface area contributed by atoms with E-state index >= 15 is 0 Å². The summed E-state index contributed by atoms with van der Waals surface area (Å²) in [6.07, 6.45) is 1.15. The summed E-state index contributed by atoms with van der Waals surface area (Å²) in [7, 11) is 2.08. The van der Waals surface area contributed by atoms with Crippen LogP contribution in [-0.2, 0) is 0 Å². The topological polar surface area (TPSA) is 29.3 Å². The van der Waals surface area contributed by atoms with E-state index in [0.717, 1.165) is 28.7 Å². The molecule has 1 aromatic rings. The van der Waals surface area contributed by atoms with E-state index in [9.17, 15) is 0 Å². The Bertz CT molecular complexity index is 404. The van der Waals surface area contributed by atoms with Gasteiger partial charge in [-0.2, -0.15) is 0 Å². The van der Waals surface area contributed by atoms with Gasteiger partial charge in [0, 0.05) is 29.3 Å². The molecule has 0 bridgehead atoms. The van der Waals surface area contributed by atoms with Crippen molar-refractivity contribution >= 4 is 38.8 Å². The van der Waals surface area contributed by atoms with Crippen LogP contribution < -0.4 is 10.6 Å². The van der Waals surface area contributed by atoms with Gasteiger partial charge >= 0.3 is 0 Å². The number of thiocarbonyl (C=S) groups is 1. The Hall–Kier alpha value is -0.610. The molecule has 0 saturated carbocycles. The Morgan fingerprint density at radius 2 is 2.12 bits per heavy atom. The number of nitrogens with zero attached hydrogens (tertiary/aromatic N) is 1. The minimum absolute atomic E-state index is 0.448. The zero-order valence-corrected chi connectivity index (χ0v) is 12.9. The lowest BCUT2D eigenvalue weighted by Crippen LogP contribution is -2.23. The quantitative estimate of drug-likeness (QED) is 0.842. The summed E-state index contributed by atoms with van der Waals surface area (Å²) in [5.74, 6) is 0.692. The first kappa shape index (κ1) is 14.5. The van der Waals surface area contributed by atoms with E-state index in [1.54, 1.807) is 0 Å². The maximum absolute atomic E-state index is 5.75. The summed E-state index contributed by atoms with van der Waals surface area (Å²) < 4.78 is 1.05. The molecule has 0 aliphatic rings. The Balaban J connectivity index is 2.94. The summed E-state index contributed by atoms with van der Waals surface area (Å²) in [6.45, 7) is 5.45. The summed E-state index contributed by atoms with van der Waals surface area (Å²) in [5, 5.41) is 0. The Kier molecular flexibility index (Phi) is 5.40. The van der Waals surface area contributed by atoms with E-state index in [1.807, 2.05) is 12.1 Å². The smallest absolute Gasteiger partial charge is 0.106 e. The molecule has 0 unspecified atom stereocenters. The number of halogens is 1. The van der Waals surface area contributed by atoms with Crippen LogP contribution in [0.5, 0.6) is 0 Å². The minimum atomic E-state index is 0.448. The van der Waals surface area contributed by atoms with Crippen LogP contribution in [0.15, 0.2) is 22.7 Å². The van der Waals surface area contributed by atoms with E-state index in [0.29, 0.717) is 10.9 Å². The summed E-state index contributed by atoms with van der Waals surface area (Å²) in [4.78, 5) is 2.66. The molecule has 2 nitrogen and oxygen atoms in total. The van der Waals surface area contributed by atoms with Gasteiger partial charge in [-0.1, -0.05) is 42.0 Å². The number of hydrogen-bond donors (Lipinski definition) is 1. The molecule has 1 rings (SSSR count). The van der Waals surface area contributed by atoms with E-state index < -0.39 is 0 Å². The minimum Gasteiger partial charge on any atom is -0.389 e. The molecular formula is C13H19BrN2S. The highest BCUT2D eigenvalue weighted by Gasteiger charge is 2.10. The first-order valence-corrected chi connectivity index (χ1v) is 6.92. The zero-order valence-electron chi connectivity index (χ0n) is 10.5. The average molecular weight is 315 g/mol. The van der Waals surface area contributed by atoms with Crippen LogP contribution in [0.25, 0.3) is 0 Å². The molecule has 0 radical (unpaired) electrons. The van der Waals surface area contributed by atoms with E-state index in [2.05, 4.69) is 47.8 Å². The lowest BCUT2D eigenvalue weighted by molar-refractivity contribution is 0.585. The Labute approximate surface area is 117 Å². The summed E-state index contributed by atoms with van der Waals surface area (Å²) in [6, 6.07) is 6.00. The summed E-state index contributed by atoms with van der Waals surface area (Å²) >= 11 is 8.57. The first-order chi connectivity index (χ1) is 7.91. The van der Waals surface area contributed by atoms with Crippen LogP contribution in [-0.4, -0.2) is 18.6 Å². The van der Waals surface area contributed by atoms with Crippen LogP contribution >= 0.6 is 28.1 Å². The molecule has 0 aliphatic carbocycles. The molecule has 0 aliphatic heterocycles. The molecule has 0 atom stereocenters. The van der Waals surface area contributed by atoms with Gasteiger partial charge in [0.2, 0.25) is 0 Å². The van der Waals surface area contributed by atoms with Gasteiger partial charge in [0.25, 0.3) is 0 Å². The molecule has 0 aromatic heterocycles. The molecular weight excluding hydrogens is 296 g/mol. The van der Waals surface area contributed by atoms with Gasteiger partial charge in [-0.15, -0.1) is 0 Å². The van der Waals surface area contributed by atoms with Crippen LogP contribution in [0, 0.1) is 5.92 Å². The zero-order chi connectivity index (χ0) is 13.0. The van der Waals surface area contributed by atoms with Crippen LogP contribution in [0.4, 0.5) is 5.69 Å². The van der Waals surface area contributed by atoms with Crippen LogP contribution in [0.2, 0.25) is 0 Å². The van der Waals surface area contributed by atoms with Gasteiger partial charge < -0.3 is 10.6 Å². The van der Waals surface area contributed by atoms with Crippen molar-refractivity contribution in [3.63, 3.8) is 0 Å². The second kappa shape index (κ2) is 6.36. The lowest BCUT2D eigenvalue weighted by Gasteiger charge is -2.23. The SMILES string of the molecule is CC(C)CCN(C)c1cc(Br)ccc1C(N)=S. The van der Waals surface area contributed by atoms with Gasteiger partial charge in [-0.05, 0) is 30.5 Å². The number of anilines is 1. The van der Waals surface area contributed by atoms with Crippen molar-refractivity contribution in [3.05, 3.63) is 28.2 Å². The molecule has 94 valence electrons. The average Bonchev–Trinajstić information content (AvgIpc) is 2.25. The van der Waals surface area contributed by atoms with Crippen molar-refractivity contribution in [2.24, 2.45) is 11.7 Å². The number of hydrogen-bond acceptors (Lipinski definition) is 2. The fourth-order valence-electron chi connectivity index (χ4n) is 1.60. The molecule has 4 heteroatoms. The Morgan fingerprint density at radius 3 is 2.65 bits per heavy atom. The fraction of sp³-hybridized carbons (Fsp3) is 0.462. The van der Waals surface area contributed by atoms with Crippen molar-refractivity contribution in [1.29, 1.82) is 0 Å². The second-order valence-electron chi connectivity index (χ2n) is 4.63. The number of nitrogens with two attached hydrogens (primary N) is 1. The number of rotatable bonds is 5. The fourth-order valence-corrected chi connectivity index (χ4v) is 2.12. The molecule has 17 heavy (non-hydrogen) atoms. The van der Waals surface area contributed by atoms with E-state index in [-0.39, 0.29) is 0 Å². The predicted molar refractivity (Wildman–Crippen MR) is 82.8 cm³/mol. The molecule has 2 N–H and O–H groups in total. The van der Waals surface area contributed by atoms with E-state index in [4.69, 9.17) is 18.0 Å². The molecule has 0 spiro atoms. The van der Waals surface area contributed by atoms with Crippen molar-refractivity contribution in [3.8, 4) is 0 Å². The molecule has 0 amide bonds. The maximum Gasteiger partial charge on any atom is 0.106 e. The third-order valence-electron chi connectivity index (χ3n) is 2.68. The normalized spacial score (nSPS) is 10.6. The van der Waals surface area contributed by atoms with Gasteiger partial charge in [-0.3, -0.25) is 0 Å². The highest BCUT2D eigenvalue weighted by Crippen LogP contribution is 2.25. The highest BCUT2D eigenvalue weighted by atomic mass is 79.9. The molecule has 0 saturated heterocycles. The van der Waals surface area contributed by atoms with Crippen LogP contribution in [0.3, 0.4) is 0 Å². The van der Waals surface area contributed by atoms with Crippen molar-refractivity contribution in [2.75, 3.05) is 18.5 Å².